The number of carbonyl (C=O) groups is 1. The van der Waals surface area contributed by atoms with Crippen LogP contribution in [0.15, 0.2) is 36.4 Å². The third kappa shape index (κ3) is 3.27. The van der Waals surface area contributed by atoms with Crippen molar-refractivity contribution in [2.75, 3.05) is 0 Å². The third-order valence-corrected chi connectivity index (χ3v) is 7.97. The molecular weight excluding hydrogens is 372 g/mol. The number of nitrogens with zero attached hydrogens (tertiary/aromatic N) is 3. The van der Waals surface area contributed by atoms with Crippen molar-refractivity contribution in [3.63, 3.8) is 0 Å². The van der Waals surface area contributed by atoms with Gasteiger partial charge >= 0.3 is 0 Å². The summed E-state index contributed by atoms with van der Waals surface area (Å²) in [4.78, 5) is 16.0. The van der Waals surface area contributed by atoms with Gasteiger partial charge in [0, 0.05) is 35.3 Å². The molecule has 5 nitrogen and oxygen atoms in total. The van der Waals surface area contributed by atoms with Crippen molar-refractivity contribution in [2.24, 2.45) is 5.41 Å². The van der Waals surface area contributed by atoms with Crippen LogP contribution < -0.4 is 5.32 Å². The number of amides is 1. The Morgan fingerprint density at radius 2 is 1.97 bits per heavy atom. The van der Waals surface area contributed by atoms with Crippen molar-refractivity contribution in [3.8, 4) is 0 Å². The summed E-state index contributed by atoms with van der Waals surface area (Å²) in [5.41, 5.74) is 3.57. The predicted molar refractivity (Wildman–Crippen MR) is 118 cm³/mol. The van der Waals surface area contributed by atoms with E-state index >= 15 is 0 Å². The number of aromatic nitrogens is 2. The summed E-state index contributed by atoms with van der Waals surface area (Å²) in [5, 5.41) is 8.59. The van der Waals surface area contributed by atoms with E-state index in [4.69, 9.17) is 0 Å². The molecule has 1 aliphatic carbocycles. The van der Waals surface area contributed by atoms with Crippen LogP contribution in [0.2, 0.25) is 0 Å². The van der Waals surface area contributed by atoms with E-state index in [1.807, 2.05) is 18.5 Å². The highest BCUT2D eigenvalue weighted by atomic mass is 16.2. The molecular formula is C25H34N4O. The van der Waals surface area contributed by atoms with Gasteiger partial charge in [-0.3, -0.25) is 9.48 Å². The summed E-state index contributed by atoms with van der Waals surface area (Å²) in [7, 11) is 0. The van der Waals surface area contributed by atoms with Crippen LogP contribution in [0.25, 0.3) is 0 Å². The van der Waals surface area contributed by atoms with E-state index in [2.05, 4.69) is 58.6 Å². The molecule has 5 atom stereocenters. The van der Waals surface area contributed by atoms with Gasteiger partial charge in [-0.25, -0.2) is 0 Å². The zero-order valence-electron chi connectivity index (χ0n) is 18.5. The highest BCUT2D eigenvalue weighted by Gasteiger charge is 2.60. The van der Waals surface area contributed by atoms with Gasteiger partial charge in [0.15, 0.2) is 0 Å². The Morgan fingerprint density at radius 1 is 1.20 bits per heavy atom. The second-order valence-corrected chi connectivity index (χ2v) is 9.98. The van der Waals surface area contributed by atoms with Gasteiger partial charge in [0.1, 0.15) is 6.54 Å². The van der Waals surface area contributed by atoms with E-state index < -0.39 is 0 Å². The fourth-order valence-corrected chi connectivity index (χ4v) is 6.54. The zero-order valence-corrected chi connectivity index (χ0v) is 18.5. The maximum Gasteiger partial charge on any atom is 0.244 e. The molecule has 3 aliphatic rings. The normalized spacial score (nSPS) is 32.8. The van der Waals surface area contributed by atoms with E-state index in [0.29, 0.717) is 24.7 Å². The Kier molecular flexibility index (Phi) is 4.97. The van der Waals surface area contributed by atoms with Crippen LogP contribution in [0.3, 0.4) is 0 Å². The lowest BCUT2D eigenvalue weighted by Crippen LogP contribution is -2.57. The van der Waals surface area contributed by atoms with E-state index in [-0.39, 0.29) is 17.4 Å². The first-order valence-electron chi connectivity index (χ1n) is 11.6. The van der Waals surface area contributed by atoms with Crippen LogP contribution in [0.4, 0.5) is 0 Å². The lowest BCUT2D eigenvalue weighted by molar-refractivity contribution is -0.136. The summed E-state index contributed by atoms with van der Waals surface area (Å²) in [5.74, 6) is 0.238. The number of likely N-dealkylation sites (tertiary alicyclic amines) is 1. The van der Waals surface area contributed by atoms with Crippen molar-refractivity contribution in [1.82, 2.24) is 20.0 Å². The molecule has 5 heteroatoms. The number of hydrogen-bond acceptors (Lipinski definition) is 3. The van der Waals surface area contributed by atoms with Gasteiger partial charge in [0.05, 0.1) is 5.69 Å². The number of nitrogens with one attached hydrogen (secondary N) is 1. The van der Waals surface area contributed by atoms with Gasteiger partial charge in [-0.15, -0.1) is 0 Å². The van der Waals surface area contributed by atoms with Gasteiger partial charge in [0.25, 0.3) is 0 Å². The van der Waals surface area contributed by atoms with Gasteiger partial charge in [-0.1, -0.05) is 50.1 Å². The number of aryl methyl sites for hydroxylation is 2. The molecule has 0 unspecified atom stereocenters. The second kappa shape index (κ2) is 7.52. The van der Waals surface area contributed by atoms with Crippen LogP contribution in [0.5, 0.6) is 0 Å². The van der Waals surface area contributed by atoms with Crippen LogP contribution in [0.1, 0.15) is 56.0 Å². The maximum absolute atomic E-state index is 13.7. The van der Waals surface area contributed by atoms with E-state index in [1.54, 1.807) is 0 Å². The molecule has 2 bridgehead atoms. The summed E-state index contributed by atoms with van der Waals surface area (Å²) in [6.07, 6.45) is 6.94. The van der Waals surface area contributed by atoms with Crippen molar-refractivity contribution < 1.29 is 4.79 Å². The highest BCUT2D eigenvalue weighted by Crippen LogP contribution is 2.52. The average Bonchev–Trinajstić information content (AvgIpc) is 3.11. The Bertz CT molecular complexity index is 922. The van der Waals surface area contributed by atoms with Crippen molar-refractivity contribution >= 4 is 5.91 Å². The lowest BCUT2D eigenvalue weighted by Gasteiger charge is -2.43. The second-order valence-electron chi connectivity index (χ2n) is 9.98. The zero-order chi connectivity index (χ0) is 20.9. The first-order valence-corrected chi connectivity index (χ1v) is 11.6. The topological polar surface area (TPSA) is 50.2 Å². The molecule has 30 heavy (non-hydrogen) atoms. The Hall–Kier alpha value is -2.14. The molecule has 160 valence electrons. The summed E-state index contributed by atoms with van der Waals surface area (Å²) in [6, 6.07) is 14.2. The minimum Gasteiger partial charge on any atom is -0.333 e. The van der Waals surface area contributed by atoms with Gasteiger partial charge in [-0.05, 0) is 51.2 Å². The molecule has 1 N–H and O–H groups in total. The Labute approximate surface area is 179 Å². The fourth-order valence-electron chi connectivity index (χ4n) is 6.54. The number of rotatable bonds is 4. The molecule has 1 saturated carbocycles. The number of carbonyl (C=O) groups excluding carboxylic acids is 1. The van der Waals surface area contributed by atoms with E-state index in [9.17, 15) is 4.79 Å². The predicted octanol–water partition coefficient (Wildman–Crippen LogP) is 3.63. The van der Waals surface area contributed by atoms with Gasteiger partial charge in [-0.2, -0.15) is 5.10 Å². The van der Waals surface area contributed by atoms with Crippen LogP contribution in [0, 0.1) is 19.3 Å². The lowest BCUT2D eigenvalue weighted by atomic mass is 9.70. The maximum atomic E-state index is 13.7. The molecule has 3 heterocycles. The minimum absolute atomic E-state index is 0.180. The smallest absolute Gasteiger partial charge is 0.244 e. The van der Waals surface area contributed by atoms with Crippen LogP contribution >= 0.6 is 0 Å². The van der Waals surface area contributed by atoms with Gasteiger partial charge < -0.3 is 10.2 Å². The minimum atomic E-state index is 0.180. The number of fused-ring (bicyclic) bond motifs is 1. The van der Waals surface area contributed by atoms with E-state index in [1.165, 1.54) is 24.8 Å². The fraction of sp³-hybridized carbons (Fsp3) is 0.600. The summed E-state index contributed by atoms with van der Waals surface area (Å²) >= 11 is 0. The Balaban J connectivity index is 1.46. The monoisotopic (exact) mass is 406 g/mol. The van der Waals surface area contributed by atoms with Crippen LogP contribution in [-0.4, -0.2) is 44.8 Å². The molecule has 2 aromatic rings. The Morgan fingerprint density at radius 3 is 2.70 bits per heavy atom. The molecule has 5 rings (SSSR count). The van der Waals surface area contributed by atoms with Gasteiger partial charge in [0.2, 0.25) is 5.91 Å². The average molecular weight is 407 g/mol. The van der Waals surface area contributed by atoms with Crippen molar-refractivity contribution in [1.29, 1.82) is 0 Å². The highest BCUT2D eigenvalue weighted by molar-refractivity contribution is 5.77. The summed E-state index contributed by atoms with van der Waals surface area (Å²) in [6.45, 7) is 6.82. The van der Waals surface area contributed by atoms with Crippen molar-refractivity contribution in [2.45, 2.75) is 90.0 Å². The largest absolute Gasteiger partial charge is 0.333 e. The molecule has 3 fully saturated rings. The molecule has 2 aliphatic heterocycles. The van der Waals surface area contributed by atoms with Crippen molar-refractivity contribution in [3.05, 3.63) is 53.3 Å². The van der Waals surface area contributed by atoms with Crippen LogP contribution in [-0.2, 0) is 17.8 Å². The molecule has 0 spiro atoms. The third-order valence-electron chi connectivity index (χ3n) is 7.97. The molecule has 1 aromatic heterocycles. The quantitative estimate of drug-likeness (QED) is 0.844. The molecule has 1 amide bonds. The molecule has 2 saturated heterocycles. The number of hydrogen-bond donors (Lipinski definition) is 1. The molecule has 0 radical (unpaired) electrons. The first-order chi connectivity index (χ1) is 14.5. The standard InChI is InChI=1S/C25H34N4O/c1-17-13-18(2)28(27-17)16-24(30)29-21-15-25(3)22(11-7-8-12-23(25)29)26-20(21)14-19-9-5-4-6-10-19/h4-6,9-10,13,20-23,26H,7-8,11-12,14-16H2,1-3H3/t20-,21-,22+,23-,25+/m0/s1. The first kappa shape index (κ1) is 19.8. The van der Waals surface area contributed by atoms with E-state index in [0.717, 1.165) is 30.7 Å². The number of benzene rings is 1. The SMILES string of the molecule is Cc1cc(C)n(CC(=O)N2[C@H]3CCCC[C@H]4N[C@@H](Cc5ccccc5)[C@@H]2C[C@@]34C)n1. The summed E-state index contributed by atoms with van der Waals surface area (Å²) < 4.78 is 1.89. The number of piperidine rings is 1. The molecule has 1 aromatic carbocycles.